The molecule has 32 heavy (non-hydrogen) atoms. The van der Waals surface area contributed by atoms with Crippen LogP contribution >= 0.6 is 0 Å². The van der Waals surface area contributed by atoms with Crippen LogP contribution in [0.25, 0.3) is 11.5 Å². The zero-order valence-corrected chi connectivity index (χ0v) is 18.8. The van der Waals surface area contributed by atoms with Crippen LogP contribution in [0.15, 0.2) is 57.8 Å². The smallest absolute Gasteiger partial charge is 0.278 e. The number of sulfonamides is 1. The summed E-state index contributed by atoms with van der Waals surface area (Å²) >= 11 is 0. The number of piperidine rings is 1. The van der Waals surface area contributed by atoms with Crippen LogP contribution in [0.4, 0.5) is 5.69 Å². The lowest BCUT2D eigenvalue weighted by Gasteiger charge is -2.26. The number of amides is 1. The summed E-state index contributed by atoms with van der Waals surface area (Å²) in [6.07, 6.45) is 2.71. The van der Waals surface area contributed by atoms with Crippen molar-refractivity contribution in [3.63, 3.8) is 0 Å². The number of benzene rings is 2. The molecule has 0 aliphatic carbocycles. The number of nitrogens with zero attached hydrogens (tertiary/aromatic N) is 2. The van der Waals surface area contributed by atoms with Crippen molar-refractivity contribution in [1.29, 1.82) is 0 Å². The Labute approximate surface area is 187 Å². The number of ether oxygens (including phenoxy) is 1. The number of carbonyl (C=O) groups excluding carboxylic acids is 1. The van der Waals surface area contributed by atoms with E-state index < -0.39 is 15.9 Å². The second-order valence-electron chi connectivity index (χ2n) is 7.57. The zero-order chi connectivity index (χ0) is 22.7. The topological polar surface area (TPSA) is 102 Å². The molecule has 0 spiro atoms. The Balaban J connectivity index is 1.62. The van der Waals surface area contributed by atoms with Crippen molar-refractivity contribution in [3.05, 3.63) is 60.0 Å². The zero-order valence-electron chi connectivity index (χ0n) is 18.0. The van der Waals surface area contributed by atoms with Crippen LogP contribution < -0.4 is 10.1 Å². The van der Waals surface area contributed by atoms with Gasteiger partial charge in [-0.1, -0.05) is 24.6 Å². The molecule has 1 aliphatic rings. The summed E-state index contributed by atoms with van der Waals surface area (Å²) in [6.45, 7) is 2.65. The molecule has 1 aromatic heterocycles. The summed E-state index contributed by atoms with van der Waals surface area (Å²) in [7, 11) is -2.20. The highest BCUT2D eigenvalue weighted by molar-refractivity contribution is 7.89. The molecule has 0 unspecified atom stereocenters. The van der Waals surface area contributed by atoms with E-state index in [9.17, 15) is 13.2 Å². The molecule has 1 N–H and O–H groups in total. The van der Waals surface area contributed by atoms with Crippen molar-refractivity contribution in [1.82, 2.24) is 9.29 Å². The van der Waals surface area contributed by atoms with E-state index in [1.54, 1.807) is 6.92 Å². The lowest BCUT2D eigenvalue weighted by atomic mass is 10.2. The first-order valence-corrected chi connectivity index (χ1v) is 11.9. The van der Waals surface area contributed by atoms with E-state index in [1.807, 2.05) is 30.3 Å². The molecule has 0 bridgehead atoms. The third-order valence-electron chi connectivity index (χ3n) is 5.40. The van der Waals surface area contributed by atoms with Gasteiger partial charge < -0.3 is 14.5 Å². The van der Waals surface area contributed by atoms with E-state index in [0.29, 0.717) is 30.5 Å². The molecule has 8 nitrogen and oxygen atoms in total. The van der Waals surface area contributed by atoms with Crippen molar-refractivity contribution >= 4 is 21.6 Å². The van der Waals surface area contributed by atoms with Crippen molar-refractivity contribution in [2.45, 2.75) is 31.1 Å². The van der Waals surface area contributed by atoms with E-state index in [2.05, 4.69) is 10.3 Å². The molecular weight excluding hydrogens is 430 g/mol. The number of methoxy groups -OCH3 is 1. The number of hydrogen-bond acceptors (Lipinski definition) is 6. The molecule has 2 aromatic carbocycles. The van der Waals surface area contributed by atoms with E-state index in [0.717, 1.165) is 24.8 Å². The minimum Gasteiger partial charge on any atom is -0.495 e. The molecule has 1 fully saturated rings. The highest BCUT2D eigenvalue weighted by Crippen LogP contribution is 2.31. The summed E-state index contributed by atoms with van der Waals surface area (Å²) in [5, 5.41) is 2.73. The first-order valence-electron chi connectivity index (χ1n) is 10.4. The third kappa shape index (κ3) is 4.39. The van der Waals surface area contributed by atoms with E-state index in [4.69, 9.17) is 9.15 Å². The number of aromatic nitrogens is 1. The standard InChI is InChI=1S/C23H25N3O5S/c1-16-21(25-23(31-16)17-9-5-3-6-10-17)22(27)24-19-15-18(11-12-20(19)30-2)32(28,29)26-13-7-4-8-14-26/h3,5-6,9-12,15H,4,7-8,13-14H2,1-2H3,(H,24,27). The molecule has 1 aliphatic heterocycles. The molecule has 2 heterocycles. The number of nitrogens with one attached hydrogen (secondary N) is 1. The Morgan fingerprint density at radius 2 is 1.81 bits per heavy atom. The van der Waals surface area contributed by atoms with Crippen LogP contribution in [0.3, 0.4) is 0 Å². The van der Waals surface area contributed by atoms with Gasteiger partial charge in [0.1, 0.15) is 11.5 Å². The summed E-state index contributed by atoms with van der Waals surface area (Å²) in [4.78, 5) is 17.4. The number of hydrogen-bond donors (Lipinski definition) is 1. The molecular formula is C23H25N3O5S. The van der Waals surface area contributed by atoms with E-state index >= 15 is 0 Å². The lowest BCUT2D eigenvalue weighted by molar-refractivity contribution is 0.102. The highest BCUT2D eigenvalue weighted by atomic mass is 32.2. The largest absolute Gasteiger partial charge is 0.495 e. The van der Waals surface area contributed by atoms with Gasteiger partial charge in [0, 0.05) is 18.7 Å². The molecule has 168 valence electrons. The van der Waals surface area contributed by atoms with Gasteiger partial charge in [0.05, 0.1) is 17.7 Å². The summed E-state index contributed by atoms with van der Waals surface area (Å²) in [5.74, 6) is 0.527. The van der Waals surface area contributed by atoms with Crippen molar-refractivity contribution in [3.8, 4) is 17.2 Å². The van der Waals surface area contributed by atoms with Crippen LogP contribution in [-0.2, 0) is 10.0 Å². The SMILES string of the molecule is COc1ccc(S(=O)(=O)N2CCCCC2)cc1NC(=O)c1nc(-c2ccccc2)oc1C. The number of rotatable bonds is 6. The number of carbonyl (C=O) groups is 1. The lowest BCUT2D eigenvalue weighted by Crippen LogP contribution is -2.35. The molecule has 3 aromatic rings. The summed E-state index contributed by atoms with van der Waals surface area (Å²) < 4.78 is 38.6. The van der Waals surface area contributed by atoms with E-state index in [-0.39, 0.29) is 16.3 Å². The summed E-state index contributed by atoms with van der Waals surface area (Å²) in [5.41, 5.74) is 1.12. The van der Waals surface area contributed by atoms with Crippen molar-refractivity contribution in [2.75, 3.05) is 25.5 Å². The monoisotopic (exact) mass is 455 g/mol. The molecule has 0 saturated carbocycles. The van der Waals surface area contributed by atoms with Crippen molar-refractivity contribution in [2.24, 2.45) is 0 Å². The average Bonchev–Trinajstić information content (AvgIpc) is 3.22. The molecule has 4 rings (SSSR count). The van der Waals surface area contributed by atoms with Gasteiger partial charge in [0.25, 0.3) is 5.91 Å². The maximum atomic E-state index is 13.1. The minimum absolute atomic E-state index is 0.109. The fraction of sp³-hybridized carbons (Fsp3) is 0.304. The second-order valence-corrected chi connectivity index (χ2v) is 9.51. The predicted molar refractivity (Wildman–Crippen MR) is 120 cm³/mol. The number of anilines is 1. The second kappa shape index (κ2) is 9.13. The predicted octanol–water partition coefficient (Wildman–Crippen LogP) is 4.09. The Morgan fingerprint density at radius 1 is 1.09 bits per heavy atom. The Morgan fingerprint density at radius 3 is 2.50 bits per heavy atom. The minimum atomic E-state index is -3.66. The van der Waals surface area contributed by atoms with Crippen LogP contribution in [0.5, 0.6) is 5.75 Å². The van der Waals surface area contributed by atoms with Gasteiger partial charge in [0.2, 0.25) is 15.9 Å². The summed E-state index contributed by atoms with van der Waals surface area (Å²) in [6, 6.07) is 13.7. The van der Waals surface area contributed by atoms with Crippen LogP contribution in [-0.4, -0.2) is 43.8 Å². The number of oxazole rings is 1. The Hall–Kier alpha value is -3.17. The molecule has 9 heteroatoms. The highest BCUT2D eigenvalue weighted by Gasteiger charge is 2.27. The fourth-order valence-electron chi connectivity index (χ4n) is 3.69. The first kappa shape index (κ1) is 22.0. The van der Waals surface area contributed by atoms with Crippen LogP contribution in [0.1, 0.15) is 35.5 Å². The van der Waals surface area contributed by atoms with Crippen molar-refractivity contribution < 1.29 is 22.4 Å². The van der Waals surface area contributed by atoms with Gasteiger partial charge >= 0.3 is 0 Å². The quantitative estimate of drug-likeness (QED) is 0.601. The molecule has 0 radical (unpaired) electrons. The molecule has 1 amide bonds. The van der Waals surface area contributed by atoms with Crippen LogP contribution in [0, 0.1) is 6.92 Å². The maximum absolute atomic E-state index is 13.1. The molecule has 1 saturated heterocycles. The number of aryl methyl sites for hydroxylation is 1. The van der Waals surface area contributed by atoms with E-state index in [1.165, 1.54) is 29.6 Å². The van der Waals surface area contributed by atoms with Crippen LogP contribution in [0.2, 0.25) is 0 Å². The maximum Gasteiger partial charge on any atom is 0.278 e. The van der Waals surface area contributed by atoms with Gasteiger partial charge in [-0.3, -0.25) is 4.79 Å². The van der Waals surface area contributed by atoms with Gasteiger partial charge in [-0.15, -0.1) is 0 Å². The van der Waals surface area contributed by atoms with Gasteiger partial charge in [-0.2, -0.15) is 4.31 Å². The van der Waals surface area contributed by atoms with Gasteiger partial charge in [0.15, 0.2) is 5.69 Å². The fourth-order valence-corrected chi connectivity index (χ4v) is 5.24. The Bertz CT molecular complexity index is 1220. The normalized spacial score (nSPS) is 14.8. The third-order valence-corrected chi connectivity index (χ3v) is 7.30. The first-order chi connectivity index (χ1) is 15.4. The van der Waals surface area contributed by atoms with Gasteiger partial charge in [-0.05, 0) is 50.1 Å². The van der Waals surface area contributed by atoms with Gasteiger partial charge in [-0.25, -0.2) is 13.4 Å². The average molecular weight is 456 g/mol. The molecule has 0 atom stereocenters. The Kier molecular flexibility index (Phi) is 6.29.